The van der Waals surface area contributed by atoms with Gasteiger partial charge in [0.25, 0.3) is 0 Å². The Morgan fingerprint density at radius 2 is 1.89 bits per heavy atom. The van der Waals surface area contributed by atoms with E-state index in [1.807, 2.05) is 0 Å². The third kappa shape index (κ3) is 5.43. The van der Waals surface area contributed by atoms with E-state index in [9.17, 15) is 26.7 Å². The summed E-state index contributed by atoms with van der Waals surface area (Å²) in [6.45, 7) is 2.66. The Labute approximate surface area is 174 Å². The minimum absolute atomic E-state index is 0.0521. The highest BCUT2D eigenvalue weighted by molar-refractivity contribution is 8.03. The van der Waals surface area contributed by atoms with Crippen LogP contribution >= 0.6 is 46.6 Å². The SMILES string of the molecule is Cc1[nH]nc(C(=O)OC(C)c2c(F)cc(C(F)(F)F)cc2Cl)c1SC(F)(Cl)Cl. The molecule has 13 heteroatoms. The minimum atomic E-state index is -4.80. The van der Waals surface area contributed by atoms with Gasteiger partial charge in [0.05, 0.1) is 15.5 Å². The summed E-state index contributed by atoms with van der Waals surface area (Å²) < 4.78 is 68.1. The van der Waals surface area contributed by atoms with Crippen molar-refractivity contribution < 1.29 is 31.5 Å². The van der Waals surface area contributed by atoms with Crippen molar-refractivity contribution in [1.82, 2.24) is 10.2 Å². The van der Waals surface area contributed by atoms with Crippen molar-refractivity contribution in [3.05, 3.63) is 45.5 Å². The third-order valence-corrected chi connectivity index (χ3v) is 5.11. The summed E-state index contributed by atoms with van der Waals surface area (Å²) in [5.74, 6) is -2.43. The molecule has 4 nitrogen and oxygen atoms in total. The molecule has 0 aliphatic heterocycles. The molecular weight excluding hydrogens is 474 g/mol. The quantitative estimate of drug-likeness (QED) is 0.225. The number of aryl methyl sites for hydroxylation is 1. The molecule has 2 aromatic rings. The number of aromatic nitrogens is 2. The summed E-state index contributed by atoms with van der Waals surface area (Å²) in [6.07, 6.45) is -6.18. The van der Waals surface area contributed by atoms with Gasteiger partial charge >= 0.3 is 16.1 Å². The summed E-state index contributed by atoms with van der Waals surface area (Å²) in [4.78, 5) is 12.3. The van der Waals surface area contributed by atoms with Crippen LogP contribution in [0, 0.1) is 12.7 Å². The zero-order valence-corrected chi connectivity index (χ0v) is 17.0. The molecule has 1 aromatic carbocycles. The van der Waals surface area contributed by atoms with Gasteiger partial charge in [-0.15, -0.1) is 0 Å². The second-order valence-electron chi connectivity index (χ2n) is 5.47. The molecule has 0 aliphatic rings. The fourth-order valence-corrected chi connectivity index (χ4v) is 3.69. The number of esters is 1. The van der Waals surface area contributed by atoms with Crippen molar-refractivity contribution in [2.45, 2.75) is 34.9 Å². The van der Waals surface area contributed by atoms with Crippen LogP contribution in [-0.2, 0) is 10.9 Å². The molecule has 1 heterocycles. The number of carbonyl (C=O) groups excluding carboxylic acids is 1. The molecule has 0 spiro atoms. The van der Waals surface area contributed by atoms with Gasteiger partial charge in [-0.2, -0.15) is 22.7 Å². The zero-order valence-electron chi connectivity index (χ0n) is 13.9. The molecule has 1 aromatic heterocycles. The summed E-state index contributed by atoms with van der Waals surface area (Å²) in [5, 5.41) is 5.50. The molecule has 0 radical (unpaired) electrons. The highest BCUT2D eigenvalue weighted by atomic mass is 35.5. The molecule has 0 fully saturated rings. The summed E-state index contributed by atoms with van der Waals surface area (Å²) in [5.41, 5.74) is -1.88. The predicted molar refractivity (Wildman–Crippen MR) is 95.0 cm³/mol. The van der Waals surface area contributed by atoms with E-state index in [1.165, 1.54) is 13.8 Å². The molecule has 0 bridgehead atoms. The predicted octanol–water partition coefficient (Wildman–Crippen LogP) is 6.60. The maximum atomic E-state index is 14.2. The molecule has 0 aliphatic carbocycles. The van der Waals surface area contributed by atoms with Crippen LogP contribution in [0.5, 0.6) is 0 Å². The average Bonchev–Trinajstić information content (AvgIpc) is 2.84. The first-order chi connectivity index (χ1) is 12.7. The Balaban J connectivity index is 2.29. The van der Waals surface area contributed by atoms with Gasteiger partial charge in [0.2, 0.25) is 0 Å². The monoisotopic (exact) mass is 482 g/mol. The fourth-order valence-electron chi connectivity index (χ4n) is 2.21. The van der Waals surface area contributed by atoms with E-state index in [0.29, 0.717) is 6.07 Å². The Morgan fingerprint density at radius 3 is 2.39 bits per heavy atom. The van der Waals surface area contributed by atoms with Crippen molar-refractivity contribution in [3.8, 4) is 0 Å². The molecule has 2 rings (SSSR count). The Bertz CT molecular complexity index is 876. The number of aromatic amines is 1. The van der Waals surface area contributed by atoms with E-state index in [1.54, 1.807) is 0 Å². The molecule has 154 valence electrons. The van der Waals surface area contributed by atoms with Gasteiger partial charge in [-0.1, -0.05) is 34.8 Å². The lowest BCUT2D eigenvalue weighted by molar-refractivity contribution is -0.137. The van der Waals surface area contributed by atoms with Crippen LogP contribution in [0.15, 0.2) is 17.0 Å². The Hall–Kier alpha value is -1.23. The Kier molecular flexibility index (Phi) is 6.79. The summed E-state index contributed by atoms with van der Waals surface area (Å²) in [6, 6.07) is 0.757. The maximum absolute atomic E-state index is 14.2. The van der Waals surface area contributed by atoms with Crippen LogP contribution < -0.4 is 0 Å². The van der Waals surface area contributed by atoms with Crippen molar-refractivity contribution in [2.75, 3.05) is 0 Å². The Morgan fingerprint density at radius 1 is 1.29 bits per heavy atom. The molecule has 0 saturated heterocycles. The van der Waals surface area contributed by atoms with Crippen molar-refractivity contribution in [1.29, 1.82) is 0 Å². The largest absolute Gasteiger partial charge is 0.453 e. The van der Waals surface area contributed by atoms with Crippen molar-refractivity contribution in [2.24, 2.45) is 0 Å². The van der Waals surface area contributed by atoms with E-state index in [0.717, 1.165) is 0 Å². The number of alkyl halides is 6. The molecule has 0 amide bonds. The number of thioether (sulfide) groups is 1. The van der Waals surface area contributed by atoms with Crippen LogP contribution in [0.4, 0.5) is 22.0 Å². The van der Waals surface area contributed by atoms with E-state index in [2.05, 4.69) is 10.2 Å². The van der Waals surface area contributed by atoms with Gasteiger partial charge in [-0.05, 0) is 37.7 Å². The van der Waals surface area contributed by atoms with E-state index in [4.69, 9.17) is 39.5 Å². The van der Waals surface area contributed by atoms with Crippen molar-refractivity contribution in [3.63, 3.8) is 0 Å². The van der Waals surface area contributed by atoms with E-state index < -0.39 is 44.1 Å². The first kappa shape index (κ1) is 23.1. The lowest BCUT2D eigenvalue weighted by Crippen LogP contribution is -2.14. The number of nitrogens with zero attached hydrogens (tertiary/aromatic N) is 1. The smallest absolute Gasteiger partial charge is 0.416 e. The number of ether oxygens (including phenoxy) is 1. The van der Waals surface area contributed by atoms with Crippen LogP contribution in [-0.4, -0.2) is 20.1 Å². The minimum Gasteiger partial charge on any atom is -0.453 e. The van der Waals surface area contributed by atoms with Gasteiger partial charge in [0.1, 0.15) is 11.9 Å². The number of rotatable bonds is 5. The van der Waals surface area contributed by atoms with Gasteiger partial charge in [-0.3, -0.25) is 5.10 Å². The van der Waals surface area contributed by atoms with Crippen LogP contribution in [0.3, 0.4) is 0 Å². The lowest BCUT2D eigenvalue weighted by atomic mass is 10.1. The highest BCUT2D eigenvalue weighted by Gasteiger charge is 2.34. The lowest BCUT2D eigenvalue weighted by Gasteiger charge is -2.17. The summed E-state index contributed by atoms with van der Waals surface area (Å²) in [7, 11) is 0. The first-order valence-electron chi connectivity index (χ1n) is 7.28. The topological polar surface area (TPSA) is 55.0 Å². The normalized spacial score (nSPS) is 13.5. The maximum Gasteiger partial charge on any atom is 0.416 e. The van der Waals surface area contributed by atoms with E-state index in [-0.39, 0.29) is 34.1 Å². The molecule has 1 atom stereocenters. The zero-order chi connectivity index (χ0) is 21.4. The average molecular weight is 484 g/mol. The van der Waals surface area contributed by atoms with Gasteiger partial charge in [0, 0.05) is 11.3 Å². The number of halogens is 8. The second kappa shape index (κ2) is 8.25. The number of hydrogen-bond acceptors (Lipinski definition) is 4. The number of H-pyrrole nitrogens is 1. The number of nitrogens with one attached hydrogen (secondary N) is 1. The second-order valence-corrected chi connectivity index (χ2v) is 8.74. The molecule has 0 saturated carbocycles. The third-order valence-electron chi connectivity index (χ3n) is 3.40. The van der Waals surface area contributed by atoms with Crippen LogP contribution in [0.1, 0.15) is 40.3 Å². The van der Waals surface area contributed by atoms with E-state index >= 15 is 0 Å². The molecule has 1 N–H and O–H groups in total. The fraction of sp³-hybridized carbons (Fsp3) is 0.333. The van der Waals surface area contributed by atoms with Crippen molar-refractivity contribution >= 4 is 52.5 Å². The highest BCUT2D eigenvalue weighted by Crippen LogP contribution is 2.44. The number of carbonyl (C=O) groups is 1. The number of benzene rings is 1. The van der Waals surface area contributed by atoms with Crippen LogP contribution in [0.2, 0.25) is 5.02 Å². The summed E-state index contributed by atoms with van der Waals surface area (Å²) >= 11 is 16.6. The molecule has 28 heavy (non-hydrogen) atoms. The first-order valence-corrected chi connectivity index (χ1v) is 9.23. The van der Waals surface area contributed by atoms with Gasteiger partial charge in [-0.25, -0.2) is 9.18 Å². The van der Waals surface area contributed by atoms with Gasteiger partial charge in [0.15, 0.2) is 5.69 Å². The standard InChI is InChI=1S/C15H10Cl3F5N2O2S/c1-5-12(28-15(17,18)23)11(25-24-5)13(26)27-6(2)10-8(16)3-7(4-9(10)19)14(20,21)22/h3-4,6H,1-2H3,(H,24,25). The number of hydrogen-bond donors (Lipinski definition) is 1. The van der Waals surface area contributed by atoms with Gasteiger partial charge < -0.3 is 4.74 Å². The molecule has 1 unspecified atom stereocenters. The molecular formula is C15H10Cl3F5N2O2S. The van der Waals surface area contributed by atoms with Crippen LogP contribution in [0.25, 0.3) is 0 Å².